The Morgan fingerprint density at radius 1 is 1.47 bits per heavy atom. The molecular weight excluding hydrogens is 202 g/mol. The largest absolute Gasteiger partial charge is 0.490 e. The van der Waals surface area contributed by atoms with Gasteiger partial charge in [0.05, 0.1) is 12.2 Å². The Balaban J connectivity index is 2.67. The summed E-state index contributed by atoms with van der Waals surface area (Å²) in [5.41, 5.74) is 5.73. The fourth-order valence-electron chi connectivity index (χ4n) is 1.58. The number of fused-ring (bicyclic) bond motifs is 1. The van der Waals surface area contributed by atoms with Crippen LogP contribution in [0.5, 0.6) is 5.75 Å². The van der Waals surface area contributed by atoms with Gasteiger partial charge in [-0.25, -0.2) is 4.39 Å². The number of hydrogen-bond donors (Lipinski definition) is 1. The van der Waals surface area contributed by atoms with Crippen molar-refractivity contribution in [2.45, 2.75) is 12.5 Å². The highest BCUT2D eigenvalue weighted by atomic mass is 19.2. The molecule has 0 amide bonds. The minimum absolute atomic E-state index is 0.162. The zero-order valence-electron chi connectivity index (χ0n) is 7.76. The second-order valence-electron chi connectivity index (χ2n) is 3.33. The second-order valence-corrected chi connectivity index (χ2v) is 3.33. The Hall–Kier alpha value is -1.67. The first-order valence-electron chi connectivity index (χ1n) is 4.45. The van der Waals surface area contributed by atoms with Gasteiger partial charge in [-0.3, -0.25) is 0 Å². The first kappa shape index (κ1) is 9.87. The van der Waals surface area contributed by atoms with Crippen LogP contribution in [0.25, 0.3) is 0 Å². The van der Waals surface area contributed by atoms with E-state index in [1.807, 2.05) is 0 Å². The fraction of sp³-hybridized carbons (Fsp3) is 0.300. The molecule has 1 aromatic carbocycles. The molecule has 0 bridgehead atoms. The quantitative estimate of drug-likeness (QED) is 0.707. The zero-order chi connectivity index (χ0) is 11.0. The van der Waals surface area contributed by atoms with Gasteiger partial charge in [0, 0.05) is 18.0 Å². The maximum Gasteiger partial charge on any atom is 0.202 e. The Kier molecular flexibility index (Phi) is 2.29. The number of nitrogens with zero attached hydrogens (tertiary/aromatic N) is 1. The van der Waals surface area contributed by atoms with Crippen molar-refractivity contribution in [1.82, 2.24) is 0 Å². The SMILES string of the molecule is N#Cc1cc2c(c(F)c1F)OCC[C@@H]2N. The maximum atomic E-state index is 13.4. The van der Waals surface area contributed by atoms with Gasteiger partial charge >= 0.3 is 0 Å². The summed E-state index contributed by atoms with van der Waals surface area (Å²) >= 11 is 0. The molecule has 0 fully saturated rings. The van der Waals surface area contributed by atoms with Crippen molar-refractivity contribution < 1.29 is 13.5 Å². The number of rotatable bonds is 0. The van der Waals surface area contributed by atoms with Crippen LogP contribution < -0.4 is 10.5 Å². The van der Waals surface area contributed by atoms with Gasteiger partial charge in [-0.05, 0) is 6.07 Å². The van der Waals surface area contributed by atoms with Gasteiger partial charge in [0.2, 0.25) is 5.82 Å². The molecule has 2 rings (SSSR count). The highest BCUT2D eigenvalue weighted by Gasteiger charge is 2.26. The molecule has 78 valence electrons. The van der Waals surface area contributed by atoms with Crippen molar-refractivity contribution in [1.29, 1.82) is 5.26 Å². The molecule has 3 nitrogen and oxygen atoms in total. The monoisotopic (exact) mass is 210 g/mol. The van der Waals surface area contributed by atoms with Crippen LogP contribution in [0.3, 0.4) is 0 Å². The maximum absolute atomic E-state index is 13.4. The van der Waals surface area contributed by atoms with E-state index in [-0.39, 0.29) is 17.9 Å². The minimum atomic E-state index is -1.18. The molecule has 15 heavy (non-hydrogen) atoms. The molecule has 2 N–H and O–H groups in total. The molecule has 0 aliphatic carbocycles. The lowest BCUT2D eigenvalue weighted by atomic mass is 9.98. The molecule has 1 aromatic rings. The summed E-state index contributed by atoms with van der Waals surface area (Å²) in [5, 5.41) is 8.59. The van der Waals surface area contributed by atoms with Gasteiger partial charge in [0.1, 0.15) is 6.07 Å². The van der Waals surface area contributed by atoms with Crippen LogP contribution in [-0.4, -0.2) is 6.61 Å². The summed E-state index contributed by atoms with van der Waals surface area (Å²) in [5.74, 6) is -2.46. The normalized spacial score (nSPS) is 18.9. The third kappa shape index (κ3) is 1.43. The van der Waals surface area contributed by atoms with Crippen molar-refractivity contribution in [2.75, 3.05) is 6.61 Å². The van der Waals surface area contributed by atoms with E-state index >= 15 is 0 Å². The summed E-state index contributed by atoms with van der Waals surface area (Å²) in [4.78, 5) is 0. The smallest absolute Gasteiger partial charge is 0.202 e. The molecule has 0 aromatic heterocycles. The topological polar surface area (TPSA) is 59.0 Å². The molecule has 0 spiro atoms. The zero-order valence-corrected chi connectivity index (χ0v) is 7.76. The van der Waals surface area contributed by atoms with Crippen molar-refractivity contribution in [3.8, 4) is 11.8 Å². The van der Waals surface area contributed by atoms with E-state index < -0.39 is 17.7 Å². The van der Waals surface area contributed by atoms with Crippen LogP contribution in [0.15, 0.2) is 6.07 Å². The molecule has 0 radical (unpaired) electrons. The standard InChI is InChI=1S/C10H8F2N2O/c11-8-5(4-13)3-6-7(14)1-2-15-10(6)9(8)12/h3,7H,1-2,14H2/t7-/m0/s1. The predicted octanol–water partition coefficient (Wildman–Crippen LogP) is 1.62. The van der Waals surface area contributed by atoms with Crippen LogP contribution in [-0.2, 0) is 0 Å². The van der Waals surface area contributed by atoms with Gasteiger partial charge in [-0.2, -0.15) is 9.65 Å². The van der Waals surface area contributed by atoms with E-state index in [9.17, 15) is 8.78 Å². The van der Waals surface area contributed by atoms with E-state index in [1.165, 1.54) is 6.07 Å². The Morgan fingerprint density at radius 3 is 2.87 bits per heavy atom. The number of benzene rings is 1. The third-order valence-corrected chi connectivity index (χ3v) is 2.39. The summed E-state index contributed by atoms with van der Waals surface area (Å²) in [7, 11) is 0. The summed E-state index contributed by atoms with van der Waals surface area (Å²) in [6, 6.07) is 2.42. The first-order valence-corrected chi connectivity index (χ1v) is 4.45. The predicted molar refractivity (Wildman–Crippen MR) is 48.1 cm³/mol. The fourth-order valence-corrected chi connectivity index (χ4v) is 1.58. The van der Waals surface area contributed by atoms with Crippen molar-refractivity contribution in [2.24, 2.45) is 5.73 Å². The molecule has 1 atom stereocenters. The lowest BCUT2D eigenvalue weighted by Crippen LogP contribution is -2.22. The summed E-state index contributed by atoms with van der Waals surface area (Å²) in [6.07, 6.45) is 0.531. The molecule has 0 saturated carbocycles. The van der Waals surface area contributed by atoms with E-state index in [0.717, 1.165) is 0 Å². The van der Waals surface area contributed by atoms with Gasteiger partial charge in [0.15, 0.2) is 11.6 Å². The molecule has 1 aliphatic rings. The van der Waals surface area contributed by atoms with Crippen LogP contribution in [0.4, 0.5) is 8.78 Å². The van der Waals surface area contributed by atoms with Gasteiger partial charge in [-0.1, -0.05) is 0 Å². The first-order chi connectivity index (χ1) is 7.15. The number of hydrogen-bond acceptors (Lipinski definition) is 3. The molecular formula is C10H8F2N2O. The summed E-state index contributed by atoms with van der Waals surface area (Å²) in [6.45, 7) is 0.260. The van der Waals surface area contributed by atoms with Gasteiger partial charge in [0.25, 0.3) is 0 Å². The van der Waals surface area contributed by atoms with E-state index in [1.54, 1.807) is 6.07 Å². The Labute approximate surface area is 85.1 Å². The van der Waals surface area contributed by atoms with Crippen molar-refractivity contribution in [3.05, 3.63) is 28.8 Å². The second kappa shape index (κ2) is 3.48. The average molecular weight is 210 g/mol. The summed E-state index contributed by atoms with van der Waals surface area (Å²) < 4.78 is 31.6. The third-order valence-electron chi connectivity index (χ3n) is 2.39. The van der Waals surface area contributed by atoms with E-state index in [4.69, 9.17) is 15.7 Å². The molecule has 0 saturated heterocycles. The van der Waals surface area contributed by atoms with Gasteiger partial charge in [-0.15, -0.1) is 0 Å². The van der Waals surface area contributed by atoms with Crippen LogP contribution in [0.2, 0.25) is 0 Å². The highest BCUT2D eigenvalue weighted by molar-refractivity contribution is 5.46. The molecule has 5 heteroatoms. The molecule has 0 unspecified atom stereocenters. The van der Waals surface area contributed by atoms with Gasteiger partial charge < -0.3 is 10.5 Å². The van der Waals surface area contributed by atoms with E-state index in [0.29, 0.717) is 12.0 Å². The van der Waals surface area contributed by atoms with E-state index in [2.05, 4.69) is 0 Å². The minimum Gasteiger partial charge on any atom is -0.490 e. The number of ether oxygens (including phenoxy) is 1. The van der Waals surface area contributed by atoms with Crippen LogP contribution in [0, 0.1) is 23.0 Å². The Bertz CT molecular complexity index is 454. The number of nitrogens with two attached hydrogens (primary N) is 1. The average Bonchev–Trinajstić information content (AvgIpc) is 2.24. The van der Waals surface area contributed by atoms with Crippen LogP contribution in [0.1, 0.15) is 23.6 Å². The Morgan fingerprint density at radius 2 is 2.20 bits per heavy atom. The number of halogens is 2. The van der Waals surface area contributed by atoms with Crippen molar-refractivity contribution in [3.63, 3.8) is 0 Å². The highest BCUT2D eigenvalue weighted by Crippen LogP contribution is 2.35. The molecule has 1 heterocycles. The van der Waals surface area contributed by atoms with Crippen LogP contribution >= 0.6 is 0 Å². The lowest BCUT2D eigenvalue weighted by Gasteiger charge is -2.23. The molecule has 1 aliphatic heterocycles. The lowest BCUT2D eigenvalue weighted by molar-refractivity contribution is 0.250. The number of nitriles is 1. The van der Waals surface area contributed by atoms with Crippen molar-refractivity contribution >= 4 is 0 Å².